The fraction of sp³-hybridized carbons (Fsp3) is 0.407. The Morgan fingerprint density at radius 2 is 1.74 bits per heavy atom. The first-order valence-electron chi connectivity index (χ1n) is 12.0. The molecule has 34 heavy (non-hydrogen) atoms. The van der Waals surface area contributed by atoms with Gasteiger partial charge >= 0.3 is 0 Å². The van der Waals surface area contributed by atoms with Crippen molar-refractivity contribution in [2.24, 2.45) is 10.9 Å². The number of hydrogen-bond donors (Lipinski definition) is 2. The Morgan fingerprint density at radius 3 is 2.47 bits per heavy atom. The molecule has 0 saturated heterocycles. The van der Waals surface area contributed by atoms with Gasteiger partial charge in [0.15, 0.2) is 0 Å². The van der Waals surface area contributed by atoms with Gasteiger partial charge in [0.1, 0.15) is 6.04 Å². The number of carbonyl (C=O) groups is 3. The van der Waals surface area contributed by atoms with Crippen LogP contribution < -0.4 is 15.5 Å². The summed E-state index contributed by atoms with van der Waals surface area (Å²) in [7, 11) is 1.68. The van der Waals surface area contributed by atoms with Gasteiger partial charge in [-0.05, 0) is 25.3 Å². The number of carbonyl (C=O) groups excluding carboxylic acids is 3. The van der Waals surface area contributed by atoms with E-state index in [1.165, 1.54) is 30.6 Å². The van der Waals surface area contributed by atoms with Crippen LogP contribution in [-0.4, -0.2) is 42.7 Å². The minimum absolute atomic E-state index is 0.139. The van der Waals surface area contributed by atoms with Gasteiger partial charge in [-0.3, -0.25) is 14.4 Å². The molecular formula is C27H32N4O3. The Hall–Kier alpha value is -3.48. The van der Waals surface area contributed by atoms with Crippen LogP contribution in [0, 0.1) is 5.92 Å². The highest BCUT2D eigenvalue weighted by Crippen LogP contribution is 2.29. The van der Waals surface area contributed by atoms with Crippen molar-refractivity contribution in [2.75, 3.05) is 11.9 Å². The average molecular weight is 461 g/mol. The molecule has 0 radical (unpaired) electrons. The molecule has 7 nitrogen and oxygen atoms in total. The molecule has 2 atom stereocenters. The van der Waals surface area contributed by atoms with E-state index in [2.05, 4.69) is 15.6 Å². The zero-order valence-electron chi connectivity index (χ0n) is 19.8. The molecule has 178 valence electrons. The summed E-state index contributed by atoms with van der Waals surface area (Å²) in [4.78, 5) is 44.7. The van der Waals surface area contributed by atoms with Crippen molar-refractivity contribution < 1.29 is 14.4 Å². The van der Waals surface area contributed by atoms with Gasteiger partial charge in [0, 0.05) is 24.6 Å². The monoisotopic (exact) mass is 460 g/mol. The van der Waals surface area contributed by atoms with E-state index in [-0.39, 0.29) is 11.8 Å². The molecule has 2 aliphatic rings. The van der Waals surface area contributed by atoms with E-state index < -0.39 is 18.1 Å². The Balaban J connectivity index is 1.49. The second-order valence-electron chi connectivity index (χ2n) is 9.15. The number of likely N-dealkylation sites (N-methyl/N-ethyl adjacent to an activating group) is 1. The van der Waals surface area contributed by atoms with Crippen molar-refractivity contribution in [3.8, 4) is 0 Å². The number of nitrogens with one attached hydrogen (secondary N) is 2. The normalized spacial score (nSPS) is 19.1. The van der Waals surface area contributed by atoms with Crippen molar-refractivity contribution in [1.29, 1.82) is 0 Å². The van der Waals surface area contributed by atoms with Crippen molar-refractivity contribution in [3.05, 3.63) is 65.7 Å². The van der Waals surface area contributed by atoms with Gasteiger partial charge in [0.25, 0.3) is 5.91 Å². The Kier molecular flexibility index (Phi) is 7.40. The van der Waals surface area contributed by atoms with Crippen LogP contribution >= 0.6 is 0 Å². The molecule has 0 unspecified atom stereocenters. The van der Waals surface area contributed by atoms with Crippen LogP contribution in [0.2, 0.25) is 0 Å². The topological polar surface area (TPSA) is 90.9 Å². The van der Waals surface area contributed by atoms with Gasteiger partial charge in [-0.1, -0.05) is 74.2 Å². The van der Waals surface area contributed by atoms with Crippen LogP contribution in [0.25, 0.3) is 0 Å². The highest BCUT2D eigenvalue weighted by molar-refractivity contribution is 6.20. The smallest absolute Gasteiger partial charge is 0.272 e. The second kappa shape index (κ2) is 10.6. The number of fused-ring (bicyclic) bond motifs is 1. The molecule has 0 bridgehead atoms. The minimum atomic E-state index is -1.10. The molecule has 2 N–H and O–H groups in total. The zero-order chi connectivity index (χ0) is 24.1. The number of nitrogens with zero attached hydrogens (tertiary/aromatic N) is 2. The summed E-state index contributed by atoms with van der Waals surface area (Å²) in [5.74, 6) is -0.310. The van der Waals surface area contributed by atoms with E-state index in [4.69, 9.17) is 0 Å². The summed E-state index contributed by atoms with van der Waals surface area (Å²) in [6.45, 7) is 1.63. The van der Waals surface area contributed by atoms with Gasteiger partial charge < -0.3 is 15.5 Å². The Morgan fingerprint density at radius 1 is 1.06 bits per heavy atom. The van der Waals surface area contributed by atoms with Gasteiger partial charge in [-0.2, -0.15) is 0 Å². The molecule has 1 aliphatic heterocycles. The van der Waals surface area contributed by atoms with Crippen LogP contribution in [0.4, 0.5) is 5.69 Å². The number of amides is 3. The molecule has 0 spiro atoms. The lowest BCUT2D eigenvalue weighted by atomic mass is 10.0. The lowest BCUT2D eigenvalue weighted by molar-refractivity contribution is -0.131. The number of rotatable bonds is 7. The van der Waals surface area contributed by atoms with E-state index in [0.29, 0.717) is 18.1 Å². The number of aliphatic imine (C=N–C) groups is 1. The fourth-order valence-corrected chi connectivity index (χ4v) is 4.72. The molecule has 1 fully saturated rings. The number of hydrogen-bond acceptors (Lipinski definition) is 4. The lowest BCUT2D eigenvalue weighted by Gasteiger charge is -2.22. The zero-order valence-corrected chi connectivity index (χ0v) is 19.8. The van der Waals surface area contributed by atoms with Crippen LogP contribution in [0.5, 0.6) is 0 Å². The summed E-state index contributed by atoms with van der Waals surface area (Å²) in [6, 6.07) is 16.4. The minimum Gasteiger partial charge on any atom is -0.345 e. The van der Waals surface area contributed by atoms with Gasteiger partial charge in [-0.25, -0.2) is 4.99 Å². The summed E-state index contributed by atoms with van der Waals surface area (Å²) >= 11 is 0. The predicted octanol–water partition coefficient (Wildman–Crippen LogP) is 3.42. The number of anilines is 1. The van der Waals surface area contributed by atoms with E-state index >= 15 is 0 Å². The molecule has 1 heterocycles. The number of para-hydroxylation sites is 1. The highest BCUT2D eigenvalue weighted by atomic mass is 16.2. The largest absolute Gasteiger partial charge is 0.345 e. The van der Waals surface area contributed by atoms with Crippen LogP contribution in [0.3, 0.4) is 0 Å². The molecule has 1 aliphatic carbocycles. The third-order valence-corrected chi connectivity index (χ3v) is 6.69. The maximum Gasteiger partial charge on any atom is 0.272 e. The molecule has 7 heteroatoms. The summed E-state index contributed by atoms with van der Waals surface area (Å²) in [5.41, 5.74) is 3.02. The maximum atomic E-state index is 13.2. The fourth-order valence-electron chi connectivity index (χ4n) is 4.72. The van der Waals surface area contributed by atoms with Crippen molar-refractivity contribution in [2.45, 2.75) is 57.7 Å². The summed E-state index contributed by atoms with van der Waals surface area (Å²) in [5, 5.41) is 5.51. The lowest BCUT2D eigenvalue weighted by Crippen LogP contribution is -2.52. The molecule has 1 saturated carbocycles. The predicted molar refractivity (Wildman–Crippen MR) is 133 cm³/mol. The van der Waals surface area contributed by atoms with E-state index in [1.54, 1.807) is 14.0 Å². The SMILES string of the molecule is C[C@H](NC(=O)CCC1CCCC1)C(=O)N[C@H]1N=C(c2ccccc2)c2ccccc2N(C)C1=O. The molecule has 2 aromatic rings. The standard InChI is InChI=1S/C27H32N4O3/c1-18(28-23(32)17-16-19-10-6-7-11-19)26(33)30-25-27(34)31(2)22-15-9-8-14-21(22)24(29-25)20-12-4-3-5-13-20/h3-5,8-9,12-15,18-19,25H,6-7,10-11,16-17H2,1-2H3,(H,28,32)(H,30,33)/t18-,25+/m0/s1. The average Bonchev–Trinajstić information content (AvgIpc) is 3.35. The Bertz CT molecular complexity index is 1080. The van der Waals surface area contributed by atoms with Crippen LogP contribution in [0.1, 0.15) is 56.6 Å². The number of benzodiazepines with no additional fused rings is 1. The molecule has 4 rings (SSSR count). The van der Waals surface area contributed by atoms with E-state index in [1.807, 2.05) is 54.6 Å². The molecule has 3 amide bonds. The van der Waals surface area contributed by atoms with Crippen molar-refractivity contribution in [1.82, 2.24) is 10.6 Å². The number of benzene rings is 2. The van der Waals surface area contributed by atoms with Gasteiger partial charge in [0.05, 0.1) is 11.4 Å². The van der Waals surface area contributed by atoms with Crippen molar-refractivity contribution in [3.63, 3.8) is 0 Å². The first-order valence-corrected chi connectivity index (χ1v) is 12.0. The third kappa shape index (κ3) is 5.35. The van der Waals surface area contributed by atoms with Crippen LogP contribution in [-0.2, 0) is 14.4 Å². The van der Waals surface area contributed by atoms with Gasteiger partial charge in [0.2, 0.25) is 18.0 Å². The first kappa shape index (κ1) is 23.7. The first-order chi connectivity index (χ1) is 16.4. The quantitative estimate of drug-likeness (QED) is 0.663. The van der Waals surface area contributed by atoms with E-state index in [0.717, 1.165) is 23.2 Å². The maximum absolute atomic E-state index is 13.2. The van der Waals surface area contributed by atoms with Crippen LogP contribution in [0.15, 0.2) is 59.6 Å². The summed E-state index contributed by atoms with van der Waals surface area (Å²) < 4.78 is 0. The van der Waals surface area contributed by atoms with E-state index in [9.17, 15) is 14.4 Å². The summed E-state index contributed by atoms with van der Waals surface area (Å²) in [6.07, 6.45) is 5.02. The van der Waals surface area contributed by atoms with Crippen molar-refractivity contribution >= 4 is 29.1 Å². The third-order valence-electron chi connectivity index (χ3n) is 6.69. The highest BCUT2D eigenvalue weighted by Gasteiger charge is 2.32. The molecule has 0 aromatic heterocycles. The molecule has 2 aromatic carbocycles. The Labute approximate surface area is 200 Å². The second-order valence-corrected chi connectivity index (χ2v) is 9.15. The van der Waals surface area contributed by atoms with Gasteiger partial charge in [-0.15, -0.1) is 0 Å². The molecular weight excluding hydrogens is 428 g/mol.